The van der Waals surface area contributed by atoms with Crippen LogP contribution in [0.1, 0.15) is 26.2 Å². The summed E-state index contributed by atoms with van der Waals surface area (Å²) in [4.78, 5) is 38.8. The number of hydrogen-bond acceptors (Lipinski definition) is 5. The maximum Gasteiger partial charge on any atom is 0.332 e. The van der Waals surface area contributed by atoms with E-state index >= 15 is 0 Å². The van der Waals surface area contributed by atoms with Crippen molar-refractivity contribution in [3.63, 3.8) is 0 Å². The molecule has 140 valence electrons. The van der Waals surface area contributed by atoms with Crippen molar-refractivity contribution in [2.45, 2.75) is 32.7 Å². The average molecular weight is 352 g/mol. The minimum absolute atomic E-state index is 0.00466. The molecule has 1 aliphatic heterocycles. The normalized spacial score (nSPS) is 17.6. The molecule has 8 heteroatoms. The van der Waals surface area contributed by atoms with E-state index in [-0.39, 0.29) is 23.1 Å². The van der Waals surface area contributed by atoms with Gasteiger partial charge in [-0.25, -0.2) is 4.79 Å². The summed E-state index contributed by atoms with van der Waals surface area (Å²) < 4.78 is 7.70. The molecule has 25 heavy (non-hydrogen) atoms. The van der Waals surface area contributed by atoms with Gasteiger partial charge in [0.25, 0.3) is 5.56 Å². The highest BCUT2D eigenvalue weighted by Crippen LogP contribution is 2.22. The Morgan fingerprint density at radius 2 is 2.16 bits per heavy atom. The third-order valence-corrected chi connectivity index (χ3v) is 4.55. The van der Waals surface area contributed by atoms with Gasteiger partial charge < -0.3 is 15.0 Å². The zero-order valence-corrected chi connectivity index (χ0v) is 15.3. The summed E-state index contributed by atoms with van der Waals surface area (Å²) in [7, 11) is 3.08. The molecule has 0 aliphatic carbocycles. The molecule has 1 unspecified atom stereocenters. The highest BCUT2D eigenvalue weighted by atomic mass is 16.5. The fourth-order valence-corrected chi connectivity index (χ4v) is 3.17. The SMILES string of the molecule is CCCn1c(N2CCCC(C(=O)NCCOC)C2)cc(=O)n(C)c1=O. The third-order valence-electron chi connectivity index (χ3n) is 4.55. The molecule has 0 bridgehead atoms. The maximum absolute atomic E-state index is 12.4. The zero-order chi connectivity index (χ0) is 18.4. The lowest BCUT2D eigenvalue weighted by Crippen LogP contribution is -2.47. The minimum atomic E-state index is -0.320. The maximum atomic E-state index is 12.4. The van der Waals surface area contributed by atoms with Crippen LogP contribution in [0.3, 0.4) is 0 Å². The fourth-order valence-electron chi connectivity index (χ4n) is 3.17. The molecule has 1 aromatic heterocycles. The van der Waals surface area contributed by atoms with Crippen LogP contribution in [0, 0.1) is 5.92 Å². The number of piperidine rings is 1. The molecule has 1 aliphatic rings. The molecule has 0 aromatic carbocycles. The molecular weight excluding hydrogens is 324 g/mol. The van der Waals surface area contributed by atoms with E-state index in [1.807, 2.05) is 11.8 Å². The van der Waals surface area contributed by atoms with Gasteiger partial charge in [0, 0.05) is 46.4 Å². The number of amides is 1. The Morgan fingerprint density at radius 3 is 2.84 bits per heavy atom. The van der Waals surface area contributed by atoms with E-state index in [4.69, 9.17) is 4.74 Å². The number of methoxy groups -OCH3 is 1. The highest BCUT2D eigenvalue weighted by Gasteiger charge is 2.27. The molecule has 1 atom stereocenters. The quantitative estimate of drug-likeness (QED) is 0.695. The van der Waals surface area contributed by atoms with Gasteiger partial charge in [-0.3, -0.25) is 18.7 Å². The molecule has 2 heterocycles. The number of nitrogens with one attached hydrogen (secondary N) is 1. The number of hydrogen-bond donors (Lipinski definition) is 1. The number of carbonyl (C=O) groups is 1. The number of aromatic nitrogens is 2. The number of carbonyl (C=O) groups excluding carboxylic acids is 1. The standard InChI is InChI=1S/C17H28N4O4/c1-4-8-21-14(11-15(22)19(2)17(21)24)20-9-5-6-13(12-20)16(23)18-7-10-25-3/h11,13H,4-10,12H2,1-3H3,(H,18,23). The monoisotopic (exact) mass is 352 g/mol. The molecule has 8 nitrogen and oxygen atoms in total. The molecule has 1 fully saturated rings. The van der Waals surface area contributed by atoms with Crippen LogP contribution in [0.25, 0.3) is 0 Å². The second-order valence-corrected chi connectivity index (χ2v) is 6.40. The molecule has 1 saturated heterocycles. The van der Waals surface area contributed by atoms with Crippen LogP contribution in [-0.2, 0) is 23.1 Å². The summed E-state index contributed by atoms with van der Waals surface area (Å²) in [6, 6.07) is 1.50. The Morgan fingerprint density at radius 1 is 1.40 bits per heavy atom. The first-order valence-corrected chi connectivity index (χ1v) is 8.82. The van der Waals surface area contributed by atoms with Gasteiger partial charge in [-0.15, -0.1) is 0 Å². The Labute approximate surface area is 147 Å². The first kappa shape index (κ1) is 19.2. The lowest BCUT2D eigenvalue weighted by molar-refractivity contribution is -0.125. The van der Waals surface area contributed by atoms with E-state index in [0.717, 1.165) is 30.4 Å². The van der Waals surface area contributed by atoms with Crippen molar-refractivity contribution in [3.8, 4) is 0 Å². The topological polar surface area (TPSA) is 85.6 Å². The Kier molecular flexibility index (Phi) is 6.81. The zero-order valence-electron chi connectivity index (χ0n) is 15.3. The fraction of sp³-hybridized carbons (Fsp3) is 0.706. The van der Waals surface area contributed by atoms with E-state index in [1.165, 1.54) is 13.1 Å². The smallest absolute Gasteiger partial charge is 0.332 e. The summed E-state index contributed by atoms with van der Waals surface area (Å²) in [6.45, 7) is 4.74. The van der Waals surface area contributed by atoms with Crippen molar-refractivity contribution >= 4 is 11.7 Å². The van der Waals surface area contributed by atoms with Gasteiger partial charge >= 0.3 is 5.69 Å². The van der Waals surface area contributed by atoms with Gasteiger partial charge in [0.1, 0.15) is 5.82 Å². The molecule has 1 aromatic rings. The van der Waals surface area contributed by atoms with Crippen LogP contribution >= 0.6 is 0 Å². The van der Waals surface area contributed by atoms with Crippen molar-refractivity contribution in [1.29, 1.82) is 0 Å². The third kappa shape index (κ3) is 4.50. The van der Waals surface area contributed by atoms with E-state index < -0.39 is 0 Å². The van der Waals surface area contributed by atoms with E-state index in [1.54, 1.807) is 11.7 Å². The average Bonchev–Trinajstić information content (AvgIpc) is 2.62. The van der Waals surface area contributed by atoms with Gasteiger partial charge in [-0.1, -0.05) is 6.92 Å². The van der Waals surface area contributed by atoms with Crippen molar-refractivity contribution < 1.29 is 9.53 Å². The Balaban J connectivity index is 2.22. The predicted octanol–water partition coefficient (Wildman–Crippen LogP) is -0.0640. The second kappa shape index (κ2) is 8.84. The van der Waals surface area contributed by atoms with Gasteiger partial charge in [0.15, 0.2) is 0 Å². The number of rotatable bonds is 7. The molecule has 1 amide bonds. The summed E-state index contributed by atoms with van der Waals surface area (Å²) in [5.74, 6) is 0.458. The number of nitrogens with zero attached hydrogens (tertiary/aromatic N) is 3. The van der Waals surface area contributed by atoms with Crippen LogP contribution in [-0.4, -0.2) is 48.4 Å². The van der Waals surface area contributed by atoms with Gasteiger partial charge in [0.2, 0.25) is 5.91 Å². The lowest BCUT2D eigenvalue weighted by Gasteiger charge is -2.34. The van der Waals surface area contributed by atoms with Gasteiger partial charge in [-0.05, 0) is 19.3 Å². The van der Waals surface area contributed by atoms with E-state index in [9.17, 15) is 14.4 Å². The first-order valence-electron chi connectivity index (χ1n) is 8.82. The predicted molar refractivity (Wildman–Crippen MR) is 96.1 cm³/mol. The summed E-state index contributed by atoms with van der Waals surface area (Å²) in [5, 5.41) is 2.87. The van der Waals surface area contributed by atoms with Crippen LogP contribution in [0.15, 0.2) is 15.7 Å². The van der Waals surface area contributed by atoms with Crippen LogP contribution in [0.2, 0.25) is 0 Å². The highest BCUT2D eigenvalue weighted by molar-refractivity contribution is 5.79. The molecular formula is C17H28N4O4. The summed E-state index contributed by atoms with van der Waals surface area (Å²) in [6.07, 6.45) is 2.44. The van der Waals surface area contributed by atoms with E-state index in [0.29, 0.717) is 32.1 Å². The second-order valence-electron chi connectivity index (χ2n) is 6.40. The van der Waals surface area contributed by atoms with Gasteiger partial charge in [0.05, 0.1) is 12.5 Å². The van der Waals surface area contributed by atoms with Crippen LogP contribution in [0.5, 0.6) is 0 Å². The number of ether oxygens (including phenoxy) is 1. The molecule has 1 N–H and O–H groups in total. The Bertz CT molecular complexity index is 710. The lowest BCUT2D eigenvalue weighted by atomic mass is 9.97. The molecule has 2 rings (SSSR count). The Hall–Kier alpha value is -2.09. The molecule has 0 spiro atoms. The van der Waals surface area contributed by atoms with E-state index in [2.05, 4.69) is 5.32 Å². The van der Waals surface area contributed by atoms with Crippen molar-refractivity contribution in [2.75, 3.05) is 38.3 Å². The summed E-state index contributed by atoms with van der Waals surface area (Å²) in [5.41, 5.74) is -0.630. The van der Waals surface area contributed by atoms with Gasteiger partial charge in [-0.2, -0.15) is 0 Å². The van der Waals surface area contributed by atoms with Crippen molar-refractivity contribution in [2.24, 2.45) is 13.0 Å². The van der Waals surface area contributed by atoms with Crippen LogP contribution < -0.4 is 21.5 Å². The van der Waals surface area contributed by atoms with Crippen molar-refractivity contribution in [1.82, 2.24) is 14.5 Å². The minimum Gasteiger partial charge on any atom is -0.383 e. The molecule has 0 saturated carbocycles. The summed E-state index contributed by atoms with van der Waals surface area (Å²) >= 11 is 0. The largest absolute Gasteiger partial charge is 0.383 e. The molecule has 0 radical (unpaired) electrons. The van der Waals surface area contributed by atoms with Crippen molar-refractivity contribution in [3.05, 3.63) is 26.9 Å². The first-order chi connectivity index (χ1) is 12.0. The van der Waals surface area contributed by atoms with Crippen LogP contribution in [0.4, 0.5) is 5.82 Å². The number of anilines is 1.